The molecule has 0 aromatic rings. The highest BCUT2D eigenvalue weighted by atomic mass is 16.3. The van der Waals surface area contributed by atoms with Crippen molar-refractivity contribution >= 4 is 0 Å². The van der Waals surface area contributed by atoms with Gasteiger partial charge in [-0.3, -0.25) is 0 Å². The summed E-state index contributed by atoms with van der Waals surface area (Å²) in [4.78, 5) is 0. The van der Waals surface area contributed by atoms with Crippen LogP contribution in [0.3, 0.4) is 0 Å². The zero-order valence-electron chi connectivity index (χ0n) is 10.0. The van der Waals surface area contributed by atoms with Crippen LogP contribution in [0.5, 0.6) is 0 Å². The SMILES string of the molecule is CCC(C)C/C=C(\C)CC/C=C(\C)O. The number of hydrogen-bond acceptors (Lipinski definition) is 1. The lowest BCUT2D eigenvalue weighted by Crippen LogP contribution is -1.89. The molecule has 1 nitrogen and oxygen atoms in total. The fourth-order valence-electron chi connectivity index (χ4n) is 1.18. The van der Waals surface area contributed by atoms with E-state index < -0.39 is 0 Å². The van der Waals surface area contributed by atoms with Gasteiger partial charge in [0, 0.05) is 0 Å². The first kappa shape index (κ1) is 13.3. The van der Waals surface area contributed by atoms with Crippen LogP contribution in [0.1, 0.15) is 53.4 Å². The van der Waals surface area contributed by atoms with E-state index in [1.54, 1.807) is 6.92 Å². The minimum absolute atomic E-state index is 0.430. The number of hydrogen-bond donors (Lipinski definition) is 1. The van der Waals surface area contributed by atoms with Crippen LogP contribution in [0.15, 0.2) is 23.5 Å². The molecule has 0 aromatic carbocycles. The van der Waals surface area contributed by atoms with Crippen molar-refractivity contribution in [3.05, 3.63) is 23.5 Å². The molecule has 0 aliphatic carbocycles. The van der Waals surface area contributed by atoms with Crippen LogP contribution in [-0.4, -0.2) is 5.11 Å². The van der Waals surface area contributed by atoms with Crippen molar-refractivity contribution in [2.45, 2.75) is 53.4 Å². The Morgan fingerprint density at radius 2 is 1.93 bits per heavy atom. The van der Waals surface area contributed by atoms with Crippen LogP contribution < -0.4 is 0 Å². The van der Waals surface area contributed by atoms with Crippen LogP contribution in [0, 0.1) is 5.92 Å². The summed E-state index contributed by atoms with van der Waals surface area (Å²) < 4.78 is 0. The van der Waals surface area contributed by atoms with Crippen molar-refractivity contribution in [2.24, 2.45) is 5.92 Å². The minimum Gasteiger partial charge on any atom is -0.513 e. The average molecular weight is 196 g/mol. The summed E-state index contributed by atoms with van der Waals surface area (Å²) in [5.74, 6) is 1.22. The van der Waals surface area contributed by atoms with Gasteiger partial charge in [0.2, 0.25) is 0 Å². The molecule has 0 saturated carbocycles. The third-order valence-electron chi connectivity index (χ3n) is 2.54. The second-order valence-electron chi connectivity index (χ2n) is 4.18. The predicted octanol–water partition coefficient (Wildman–Crippen LogP) is 4.61. The van der Waals surface area contributed by atoms with Gasteiger partial charge in [-0.05, 0) is 45.1 Å². The quantitative estimate of drug-likeness (QED) is 0.486. The van der Waals surface area contributed by atoms with E-state index in [4.69, 9.17) is 5.11 Å². The lowest BCUT2D eigenvalue weighted by atomic mass is 10.0. The third kappa shape index (κ3) is 7.90. The number of aliphatic hydroxyl groups is 1. The van der Waals surface area contributed by atoms with Gasteiger partial charge in [-0.15, -0.1) is 0 Å². The van der Waals surface area contributed by atoms with Crippen LogP contribution in [0.2, 0.25) is 0 Å². The molecule has 1 unspecified atom stereocenters. The Morgan fingerprint density at radius 3 is 2.43 bits per heavy atom. The molecule has 0 spiro atoms. The number of allylic oxidation sites excluding steroid dienone is 4. The lowest BCUT2D eigenvalue weighted by molar-refractivity contribution is 0.411. The fraction of sp³-hybridized carbons (Fsp3) is 0.692. The molecule has 1 heteroatoms. The van der Waals surface area contributed by atoms with Crippen molar-refractivity contribution in [1.29, 1.82) is 0 Å². The van der Waals surface area contributed by atoms with Gasteiger partial charge in [0.25, 0.3) is 0 Å². The molecule has 1 N–H and O–H groups in total. The molecule has 0 aromatic heterocycles. The van der Waals surface area contributed by atoms with Gasteiger partial charge in [-0.2, -0.15) is 0 Å². The van der Waals surface area contributed by atoms with Gasteiger partial charge in [0.1, 0.15) is 0 Å². The monoisotopic (exact) mass is 196 g/mol. The van der Waals surface area contributed by atoms with E-state index in [1.807, 2.05) is 6.08 Å². The summed E-state index contributed by atoms with van der Waals surface area (Å²) in [5.41, 5.74) is 1.43. The van der Waals surface area contributed by atoms with Gasteiger partial charge in [-0.25, -0.2) is 0 Å². The van der Waals surface area contributed by atoms with Crippen LogP contribution in [-0.2, 0) is 0 Å². The van der Waals surface area contributed by atoms with Crippen LogP contribution >= 0.6 is 0 Å². The first-order valence-corrected chi connectivity index (χ1v) is 5.57. The zero-order chi connectivity index (χ0) is 11.0. The van der Waals surface area contributed by atoms with Crippen molar-refractivity contribution in [1.82, 2.24) is 0 Å². The van der Waals surface area contributed by atoms with E-state index >= 15 is 0 Å². The van der Waals surface area contributed by atoms with Gasteiger partial charge < -0.3 is 5.11 Å². The first-order chi connectivity index (χ1) is 6.56. The number of rotatable bonds is 6. The molecule has 0 rings (SSSR count). The zero-order valence-corrected chi connectivity index (χ0v) is 10.0. The highest BCUT2D eigenvalue weighted by Crippen LogP contribution is 2.12. The molecular formula is C13H24O. The topological polar surface area (TPSA) is 20.2 Å². The van der Waals surface area contributed by atoms with Crippen molar-refractivity contribution in [3.8, 4) is 0 Å². The average Bonchev–Trinajstić information content (AvgIpc) is 2.13. The van der Waals surface area contributed by atoms with Crippen molar-refractivity contribution in [2.75, 3.05) is 0 Å². The second kappa shape index (κ2) is 7.66. The highest BCUT2D eigenvalue weighted by Gasteiger charge is 1.95. The normalized spacial score (nSPS) is 15.7. The molecule has 0 fully saturated rings. The highest BCUT2D eigenvalue weighted by molar-refractivity contribution is 5.01. The molecule has 0 saturated heterocycles. The van der Waals surface area contributed by atoms with Crippen LogP contribution in [0.4, 0.5) is 0 Å². The summed E-state index contributed by atoms with van der Waals surface area (Å²) in [6.45, 7) is 8.40. The van der Waals surface area contributed by atoms with Gasteiger partial charge >= 0.3 is 0 Å². The van der Waals surface area contributed by atoms with Crippen molar-refractivity contribution in [3.63, 3.8) is 0 Å². The summed E-state index contributed by atoms with van der Waals surface area (Å²) in [5, 5.41) is 8.96. The first-order valence-electron chi connectivity index (χ1n) is 5.57. The molecule has 0 aliphatic rings. The van der Waals surface area contributed by atoms with E-state index in [0.717, 1.165) is 18.8 Å². The Morgan fingerprint density at radius 1 is 1.29 bits per heavy atom. The molecule has 14 heavy (non-hydrogen) atoms. The Labute approximate surface area is 88.5 Å². The summed E-state index contributed by atoms with van der Waals surface area (Å²) in [6, 6.07) is 0. The summed E-state index contributed by atoms with van der Waals surface area (Å²) >= 11 is 0. The molecule has 0 heterocycles. The molecule has 0 bridgehead atoms. The maximum absolute atomic E-state index is 8.96. The smallest absolute Gasteiger partial charge is 0.0852 e. The second-order valence-corrected chi connectivity index (χ2v) is 4.18. The number of aliphatic hydroxyl groups excluding tert-OH is 1. The lowest BCUT2D eigenvalue weighted by Gasteiger charge is -2.05. The van der Waals surface area contributed by atoms with Gasteiger partial charge in [0.05, 0.1) is 5.76 Å². The Kier molecular flexibility index (Phi) is 7.27. The van der Waals surface area contributed by atoms with Gasteiger partial charge in [0.15, 0.2) is 0 Å². The molecular weight excluding hydrogens is 172 g/mol. The standard InChI is InChI=1S/C13H24O/c1-5-11(2)9-10-12(3)7-6-8-13(4)14/h8,10-11,14H,5-7,9H2,1-4H3/b12-10+,13-8+. The van der Waals surface area contributed by atoms with E-state index in [0.29, 0.717) is 5.76 Å². The molecule has 82 valence electrons. The Bertz CT molecular complexity index is 197. The van der Waals surface area contributed by atoms with E-state index in [9.17, 15) is 0 Å². The van der Waals surface area contributed by atoms with Crippen molar-refractivity contribution < 1.29 is 5.11 Å². The van der Waals surface area contributed by atoms with Crippen LogP contribution in [0.25, 0.3) is 0 Å². The largest absolute Gasteiger partial charge is 0.513 e. The molecule has 0 aliphatic heterocycles. The maximum atomic E-state index is 8.96. The maximum Gasteiger partial charge on any atom is 0.0852 e. The molecule has 1 atom stereocenters. The fourth-order valence-corrected chi connectivity index (χ4v) is 1.18. The van der Waals surface area contributed by atoms with E-state index in [2.05, 4.69) is 26.8 Å². The molecule has 0 amide bonds. The summed E-state index contributed by atoms with van der Waals surface area (Å²) in [7, 11) is 0. The van der Waals surface area contributed by atoms with E-state index in [1.165, 1.54) is 18.4 Å². The Hall–Kier alpha value is -0.720. The molecule has 0 radical (unpaired) electrons. The van der Waals surface area contributed by atoms with Gasteiger partial charge in [-0.1, -0.05) is 31.9 Å². The van der Waals surface area contributed by atoms with E-state index in [-0.39, 0.29) is 0 Å². The minimum atomic E-state index is 0.430. The third-order valence-corrected chi connectivity index (χ3v) is 2.54. The Balaban J connectivity index is 3.72. The predicted molar refractivity (Wildman–Crippen MR) is 63.4 cm³/mol. The summed E-state index contributed by atoms with van der Waals surface area (Å²) in [6.07, 6.45) is 8.65.